The number of hydrogen-bond acceptors (Lipinski definition) is 5. The molecule has 176 valence electrons. The van der Waals surface area contributed by atoms with Gasteiger partial charge in [-0.3, -0.25) is 9.89 Å². The van der Waals surface area contributed by atoms with Crippen molar-refractivity contribution in [3.8, 4) is 5.75 Å². The summed E-state index contributed by atoms with van der Waals surface area (Å²) in [5, 5.41) is 7.26. The number of aliphatic imine (C=N–C) groups is 1. The summed E-state index contributed by atoms with van der Waals surface area (Å²) in [6.45, 7) is 8.90. The van der Waals surface area contributed by atoms with E-state index in [-0.39, 0.29) is 24.0 Å². The molecule has 0 aromatic heterocycles. The van der Waals surface area contributed by atoms with Gasteiger partial charge in [-0.05, 0) is 18.2 Å². The van der Waals surface area contributed by atoms with Gasteiger partial charge < -0.3 is 20.1 Å². The number of nitrogens with zero attached hydrogens (tertiary/aromatic N) is 2. The van der Waals surface area contributed by atoms with Crippen LogP contribution in [0.1, 0.15) is 12.5 Å². The van der Waals surface area contributed by atoms with Crippen molar-refractivity contribution >= 4 is 41.7 Å². The summed E-state index contributed by atoms with van der Waals surface area (Å²) in [5.41, 5.74) is 1.12. The number of halogens is 1. The predicted molar refractivity (Wildman–Crippen MR) is 145 cm³/mol. The van der Waals surface area contributed by atoms with E-state index in [1.807, 2.05) is 36.0 Å². The van der Waals surface area contributed by atoms with Crippen LogP contribution in [0.5, 0.6) is 5.75 Å². The van der Waals surface area contributed by atoms with E-state index in [9.17, 15) is 0 Å². The average Bonchev–Trinajstić information content (AvgIpc) is 2.81. The van der Waals surface area contributed by atoms with Crippen LogP contribution in [0.25, 0.3) is 0 Å². The van der Waals surface area contributed by atoms with Crippen LogP contribution in [0, 0.1) is 0 Å². The van der Waals surface area contributed by atoms with Crippen molar-refractivity contribution in [3.05, 3.63) is 60.2 Å². The van der Waals surface area contributed by atoms with E-state index < -0.39 is 0 Å². The molecule has 0 saturated carbocycles. The molecule has 2 N–H and O–H groups in total. The first-order valence-corrected chi connectivity index (χ1v) is 11.8. The number of hydrogen-bond donors (Lipinski definition) is 2. The molecule has 1 heterocycles. The molecule has 0 radical (unpaired) electrons. The van der Waals surface area contributed by atoms with Crippen LogP contribution in [-0.4, -0.2) is 69.2 Å². The number of ether oxygens (including phenoxy) is 2. The van der Waals surface area contributed by atoms with Crippen molar-refractivity contribution < 1.29 is 9.47 Å². The molecule has 2 aromatic rings. The number of para-hydroxylation sites is 1. The Morgan fingerprint density at radius 1 is 1.09 bits per heavy atom. The minimum Gasteiger partial charge on any atom is -0.492 e. The van der Waals surface area contributed by atoms with Gasteiger partial charge in [-0.25, -0.2) is 0 Å². The predicted octanol–water partition coefficient (Wildman–Crippen LogP) is 3.86. The van der Waals surface area contributed by atoms with E-state index in [1.54, 1.807) is 7.05 Å². The second kappa shape index (κ2) is 15.4. The zero-order valence-corrected chi connectivity index (χ0v) is 22.1. The summed E-state index contributed by atoms with van der Waals surface area (Å²) in [5.74, 6) is 1.72. The van der Waals surface area contributed by atoms with E-state index in [0.29, 0.717) is 18.4 Å². The number of morpholine rings is 1. The first-order chi connectivity index (χ1) is 15.2. The molecule has 1 aliphatic rings. The molecule has 8 heteroatoms. The molecule has 3 rings (SSSR count). The smallest absolute Gasteiger partial charge is 0.191 e. The highest BCUT2D eigenvalue weighted by Crippen LogP contribution is 2.22. The molecular formula is C24H35IN4O2S. The third kappa shape index (κ3) is 9.56. The van der Waals surface area contributed by atoms with Gasteiger partial charge in [0, 0.05) is 55.5 Å². The number of benzene rings is 2. The van der Waals surface area contributed by atoms with Crippen LogP contribution in [0.3, 0.4) is 0 Å². The lowest BCUT2D eigenvalue weighted by atomic mass is 10.2. The van der Waals surface area contributed by atoms with E-state index in [1.165, 1.54) is 4.90 Å². The van der Waals surface area contributed by atoms with Crippen molar-refractivity contribution in [2.45, 2.75) is 23.6 Å². The van der Waals surface area contributed by atoms with Crippen molar-refractivity contribution in [1.82, 2.24) is 15.5 Å². The average molecular weight is 571 g/mol. The molecule has 32 heavy (non-hydrogen) atoms. The minimum atomic E-state index is 0. The van der Waals surface area contributed by atoms with Gasteiger partial charge in [-0.15, -0.1) is 35.7 Å². The highest BCUT2D eigenvalue weighted by atomic mass is 127. The highest BCUT2D eigenvalue weighted by Gasteiger charge is 2.11. The van der Waals surface area contributed by atoms with Crippen LogP contribution >= 0.6 is 35.7 Å². The summed E-state index contributed by atoms with van der Waals surface area (Å²) in [7, 11) is 1.80. The van der Waals surface area contributed by atoms with Crippen LogP contribution in [0.15, 0.2) is 64.5 Å². The Kier molecular flexibility index (Phi) is 12.8. The van der Waals surface area contributed by atoms with Crippen molar-refractivity contribution in [3.63, 3.8) is 0 Å². The van der Waals surface area contributed by atoms with Gasteiger partial charge in [0.25, 0.3) is 0 Å². The summed E-state index contributed by atoms with van der Waals surface area (Å²) >= 11 is 1.86. The first-order valence-electron chi connectivity index (χ1n) is 10.9. The quantitative estimate of drug-likeness (QED) is 0.196. The van der Waals surface area contributed by atoms with Crippen molar-refractivity contribution in [2.24, 2.45) is 4.99 Å². The van der Waals surface area contributed by atoms with Crippen molar-refractivity contribution in [1.29, 1.82) is 0 Å². The minimum absolute atomic E-state index is 0. The Labute approximate surface area is 213 Å². The molecule has 0 spiro atoms. The third-order valence-corrected chi connectivity index (χ3v) is 6.16. The number of nitrogens with one attached hydrogen (secondary N) is 2. The molecule has 1 saturated heterocycles. The molecular weight excluding hydrogens is 535 g/mol. The monoisotopic (exact) mass is 570 g/mol. The Morgan fingerprint density at radius 3 is 2.56 bits per heavy atom. The van der Waals surface area contributed by atoms with E-state index >= 15 is 0 Å². The summed E-state index contributed by atoms with van der Waals surface area (Å²) < 4.78 is 11.5. The topological polar surface area (TPSA) is 58.1 Å². The van der Waals surface area contributed by atoms with Crippen LogP contribution in [0.2, 0.25) is 0 Å². The molecule has 2 aromatic carbocycles. The normalized spacial score (nSPS) is 15.5. The number of thioether (sulfide) groups is 1. The lowest BCUT2D eigenvalue weighted by Crippen LogP contribution is -2.39. The Hall–Kier alpha value is -1.49. The van der Waals surface area contributed by atoms with Gasteiger partial charge in [-0.1, -0.05) is 43.3 Å². The van der Waals surface area contributed by atoms with E-state index in [4.69, 9.17) is 9.47 Å². The zero-order chi connectivity index (χ0) is 21.7. The molecule has 1 fully saturated rings. The fourth-order valence-electron chi connectivity index (χ4n) is 3.31. The number of guanidine groups is 1. The van der Waals surface area contributed by atoms with Gasteiger partial charge in [0.1, 0.15) is 12.4 Å². The van der Waals surface area contributed by atoms with Gasteiger partial charge >= 0.3 is 0 Å². The lowest BCUT2D eigenvalue weighted by Gasteiger charge is -2.26. The molecule has 6 nitrogen and oxygen atoms in total. The standard InChI is InChI=1S/C24H34N4O2S.HI/c1-20(31-22-9-4-3-5-10-22)18-26-24(25-2)27-19-21-8-6-7-11-23(21)30-17-14-28-12-15-29-16-13-28;/h3-11,20H,12-19H2,1-2H3,(H2,25,26,27);1H. The van der Waals surface area contributed by atoms with Crippen LogP contribution in [-0.2, 0) is 11.3 Å². The van der Waals surface area contributed by atoms with E-state index in [2.05, 4.69) is 57.8 Å². The summed E-state index contributed by atoms with van der Waals surface area (Å²) in [6, 6.07) is 18.7. The third-order valence-electron chi connectivity index (χ3n) is 5.05. The van der Waals surface area contributed by atoms with Gasteiger partial charge in [0.15, 0.2) is 5.96 Å². The maximum absolute atomic E-state index is 6.08. The zero-order valence-electron chi connectivity index (χ0n) is 19.0. The summed E-state index contributed by atoms with van der Waals surface area (Å²) in [6.07, 6.45) is 0. The molecule has 1 unspecified atom stereocenters. The van der Waals surface area contributed by atoms with Gasteiger partial charge in [0.05, 0.1) is 13.2 Å². The Balaban J connectivity index is 0.00000363. The molecule has 0 aliphatic carbocycles. The first kappa shape index (κ1) is 26.8. The van der Waals surface area contributed by atoms with Crippen LogP contribution < -0.4 is 15.4 Å². The second-order valence-corrected chi connectivity index (χ2v) is 8.97. The summed E-state index contributed by atoms with van der Waals surface area (Å²) in [4.78, 5) is 8.02. The van der Waals surface area contributed by atoms with E-state index in [0.717, 1.165) is 56.7 Å². The molecule has 0 amide bonds. The van der Waals surface area contributed by atoms with Crippen molar-refractivity contribution in [2.75, 3.05) is 53.0 Å². The second-order valence-electron chi connectivity index (χ2n) is 7.46. The molecule has 1 aliphatic heterocycles. The van der Waals surface area contributed by atoms with Gasteiger partial charge in [0.2, 0.25) is 0 Å². The lowest BCUT2D eigenvalue weighted by molar-refractivity contribution is 0.0322. The number of rotatable bonds is 10. The van der Waals surface area contributed by atoms with Gasteiger partial charge in [-0.2, -0.15) is 0 Å². The SMILES string of the molecule is CN=C(NCc1ccccc1OCCN1CCOCC1)NCC(C)Sc1ccccc1.I. The molecule has 0 bridgehead atoms. The Morgan fingerprint density at radius 2 is 1.81 bits per heavy atom. The maximum atomic E-state index is 6.08. The largest absolute Gasteiger partial charge is 0.492 e. The fourth-order valence-corrected chi connectivity index (χ4v) is 4.26. The molecule has 1 atom stereocenters. The van der Waals surface area contributed by atoms with Crippen LogP contribution in [0.4, 0.5) is 0 Å². The fraction of sp³-hybridized carbons (Fsp3) is 0.458. The Bertz CT molecular complexity index is 804. The highest BCUT2D eigenvalue weighted by molar-refractivity contribution is 14.0. The maximum Gasteiger partial charge on any atom is 0.191 e.